The van der Waals surface area contributed by atoms with Gasteiger partial charge < -0.3 is 4.42 Å². The lowest BCUT2D eigenvalue weighted by Crippen LogP contribution is -2.14. The van der Waals surface area contributed by atoms with Crippen LogP contribution in [0, 0.1) is 5.92 Å². The van der Waals surface area contributed by atoms with E-state index in [1.165, 1.54) is 17.4 Å². The number of carbonyl (C=O) groups is 1. The number of nitrogens with one attached hydrogen (secondary N) is 1. The van der Waals surface area contributed by atoms with Crippen LogP contribution in [-0.4, -0.2) is 16.1 Å². The zero-order valence-electron chi connectivity index (χ0n) is 13.0. The first-order valence-electron chi connectivity index (χ1n) is 7.29. The Balaban J connectivity index is 1.86. The van der Waals surface area contributed by atoms with Gasteiger partial charge in [0.25, 0.3) is 5.91 Å². The fourth-order valence-corrected chi connectivity index (χ4v) is 3.42. The van der Waals surface area contributed by atoms with Crippen molar-refractivity contribution in [1.82, 2.24) is 10.2 Å². The van der Waals surface area contributed by atoms with Crippen molar-refractivity contribution in [3.8, 4) is 0 Å². The van der Waals surface area contributed by atoms with Gasteiger partial charge in [-0.05, 0) is 24.1 Å². The van der Waals surface area contributed by atoms with Gasteiger partial charge in [-0.15, -0.1) is 10.2 Å². The molecule has 0 aliphatic rings. The molecule has 0 fully saturated rings. The molecule has 0 saturated carbocycles. The Bertz CT molecular complexity index is 965. The van der Waals surface area contributed by atoms with Crippen molar-refractivity contribution in [2.75, 3.05) is 5.32 Å². The van der Waals surface area contributed by atoms with Crippen LogP contribution in [-0.2, 0) is 6.42 Å². The number of halogens is 1. The average Bonchev–Trinajstić information content (AvgIpc) is 2.92. The van der Waals surface area contributed by atoms with Gasteiger partial charge in [0.1, 0.15) is 10.6 Å². The van der Waals surface area contributed by atoms with E-state index in [-0.39, 0.29) is 11.2 Å². The van der Waals surface area contributed by atoms with E-state index in [0.717, 1.165) is 15.9 Å². The first-order valence-corrected chi connectivity index (χ1v) is 8.90. The number of nitrogens with zero attached hydrogens (tertiary/aromatic N) is 2. The summed E-state index contributed by atoms with van der Waals surface area (Å²) in [6, 6.07) is 6.23. The molecule has 3 rings (SSSR count). The van der Waals surface area contributed by atoms with E-state index in [2.05, 4.69) is 45.3 Å². The maximum Gasteiger partial charge on any atom is 0.293 e. The molecular formula is C16H14BrN3O3S. The lowest BCUT2D eigenvalue weighted by molar-refractivity contribution is 0.0997. The van der Waals surface area contributed by atoms with Crippen LogP contribution < -0.4 is 10.7 Å². The first-order chi connectivity index (χ1) is 11.4. The predicted octanol–water partition coefficient (Wildman–Crippen LogP) is 3.86. The Morgan fingerprint density at radius 3 is 2.88 bits per heavy atom. The summed E-state index contributed by atoms with van der Waals surface area (Å²) < 4.78 is 6.31. The Labute approximate surface area is 150 Å². The first kappa shape index (κ1) is 16.8. The van der Waals surface area contributed by atoms with Crippen LogP contribution in [0.3, 0.4) is 0 Å². The van der Waals surface area contributed by atoms with Gasteiger partial charge in [-0.2, -0.15) is 0 Å². The van der Waals surface area contributed by atoms with Gasteiger partial charge in [0.2, 0.25) is 5.13 Å². The quantitative estimate of drug-likeness (QED) is 0.709. The minimum Gasteiger partial charge on any atom is -0.451 e. The number of fused-ring (bicyclic) bond motifs is 1. The fraction of sp³-hybridized carbons (Fsp3) is 0.250. The fourth-order valence-electron chi connectivity index (χ4n) is 2.14. The molecule has 24 heavy (non-hydrogen) atoms. The highest BCUT2D eigenvalue weighted by molar-refractivity contribution is 9.10. The van der Waals surface area contributed by atoms with Crippen LogP contribution in [0.15, 0.2) is 37.9 Å². The van der Waals surface area contributed by atoms with Crippen molar-refractivity contribution in [1.29, 1.82) is 0 Å². The summed E-state index contributed by atoms with van der Waals surface area (Å²) in [5.41, 5.74) is 0.0754. The molecule has 0 aliphatic heterocycles. The van der Waals surface area contributed by atoms with Gasteiger partial charge in [-0.1, -0.05) is 41.1 Å². The van der Waals surface area contributed by atoms with Gasteiger partial charge in [0.05, 0.1) is 5.39 Å². The summed E-state index contributed by atoms with van der Waals surface area (Å²) in [6.45, 7) is 4.17. The third-order valence-electron chi connectivity index (χ3n) is 3.19. The van der Waals surface area contributed by atoms with E-state index in [0.29, 0.717) is 22.0 Å². The van der Waals surface area contributed by atoms with Crippen LogP contribution in [0.4, 0.5) is 5.13 Å². The monoisotopic (exact) mass is 407 g/mol. The lowest BCUT2D eigenvalue weighted by atomic mass is 10.1. The molecule has 0 spiro atoms. The number of benzene rings is 1. The van der Waals surface area contributed by atoms with Crippen molar-refractivity contribution >= 4 is 49.3 Å². The molecule has 3 aromatic rings. The van der Waals surface area contributed by atoms with Crippen LogP contribution in [0.25, 0.3) is 11.0 Å². The summed E-state index contributed by atoms with van der Waals surface area (Å²) in [6.07, 6.45) is 0.798. The van der Waals surface area contributed by atoms with E-state index >= 15 is 0 Å². The molecule has 124 valence electrons. The number of hydrogen-bond acceptors (Lipinski definition) is 6. The molecule has 0 saturated heterocycles. The summed E-state index contributed by atoms with van der Waals surface area (Å²) in [7, 11) is 0. The topological polar surface area (TPSA) is 85.1 Å². The van der Waals surface area contributed by atoms with E-state index < -0.39 is 5.91 Å². The number of amides is 1. The minimum atomic E-state index is -0.527. The zero-order valence-corrected chi connectivity index (χ0v) is 15.4. The highest BCUT2D eigenvalue weighted by Crippen LogP contribution is 2.21. The van der Waals surface area contributed by atoms with Gasteiger partial charge in [-0.25, -0.2) is 0 Å². The largest absolute Gasteiger partial charge is 0.451 e. The molecule has 0 radical (unpaired) electrons. The second-order valence-electron chi connectivity index (χ2n) is 5.67. The smallest absolute Gasteiger partial charge is 0.293 e. The van der Waals surface area contributed by atoms with E-state index in [1.807, 2.05) is 0 Å². The number of carbonyl (C=O) groups excluding carboxylic acids is 1. The van der Waals surface area contributed by atoms with Crippen LogP contribution in [0.1, 0.15) is 29.4 Å². The van der Waals surface area contributed by atoms with Crippen LogP contribution >= 0.6 is 27.3 Å². The Kier molecular flexibility index (Phi) is 4.77. The molecular weight excluding hydrogens is 394 g/mol. The molecule has 0 bridgehead atoms. The van der Waals surface area contributed by atoms with Crippen molar-refractivity contribution < 1.29 is 9.21 Å². The molecule has 0 unspecified atom stereocenters. The molecule has 1 amide bonds. The highest BCUT2D eigenvalue weighted by Gasteiger charge is 2.15. The predicted molar refractivity (Wildman–Crippen MR) is 96.6 cm³/mol. The Morgan fingerprint density at radius 2 is 2.12 bits per heavy atom. The van der Waals surface area contributed by atoms with Crippen molar-refractivity contribution in [3.05, 3.63) is 49.7 Å². The minimum absolute atomic E-state index is 0.0637. The number of hydrogen-bond donors (Lipinski definition) is 1. The van der Waals surface area contributed by atoms with E-state index in [9.17, 15) is 9.59 Å². The summed E-state index contributed by atoms with van der Waals surface area (Å²) in [5, 5.41) is 12.3. The molecule has 0 aliphatic carbocycles. The van der Waals surface area contributed by atoms with Crippen molar-refractivity contribution in [2.45, 2.75) is 20.3 Å². The lowest BCUT2D eigenvalue weighted by Gasteiger charge is -2.03. The molecule has 1 aromatic carbocycles. The van der Waals surface area contributed by atoms with Gasteiger partial charge in [0.15, 0.2) is 11.2 Å². The van der Waals surface area contributed by atoms with E-state index in [1.54, 1.807) is 18.2 Å². The van der Waals surface area contributed by atoms with Gasteiger partial charge >= 0.3 is 0 Å². The molecule has 2 heterocycles. The third-order valence-corrected chi connectivity index (χ3v) is 4.54. The summed E-state index contributed by atoms with van der Waals surface area (Å²) >= 11 is 4.63. The summed E-state index contributed by atoms with van der Waals surface area (Å²) in [5.74, 6) is -0.133. The maximum atomic E-state index is 12.3. The van der Waals surface area contributed by atoms with Crippen LogP contribution in [0.5, 0.6) is 0 Å². The molecule has 2 aromatic heterocycles. The van der Waals surface area contributed by atoms with E-state index in [4.69, 9.17) is 4.42 Å². The number of aromatic nitrogens is 2. The SMILES string of the molecule is CC(C)Cc1nnc(NC(=O)c2cc(=O)c3ccc(Br)cc3o2)s1. The van der Waals surface area contributed by atoms with Crippen molar-refractivity contribution in [3.63, 3.8) is 0 Å². The van der Waals surface area contributed by atoms with Crippen LogP contribution in [0.2, 0.25) is 0 Å². The van der Waals surface area contributed by atoms with Gasteiger partial charge in [0, 0.05) is 17.0 Å². The highest BCUT2D eigenvalue weighted by atomic mass is 79.9. The second-order valence-corrected chi connectivity index (χ2v) is 7.65. The molecule has 0 atom stereocenters. The molecule has 6 nitrogen and oxygen atoms in total. The standard InChI is InChI=1S/C16H14BrN3O3S/c1-8(2)5-14-19-20-16(24-14)18-15(22)13-7-11(21)10-4-3-9(17)6-12(10)23-13/h3-4,6-8H,5H2,1-2H3,(H,18,20,22). The van der Waals surface area contributed by atoms with Gasteiger partial charge in [-0.3, -0.25) is 14.9 Å². The maximum absolute atomic E-state index is 12.3. The number of anilines is 1. The Hall–Kier alpha value is -2.06. The summed E-state index contributed by atoms with van der Waals surface area (Å²) in [4.78, 5) is 24.4. The zero-order chi connectivity index (χ0) is 17.3. The number of rotatable bonds is 4. The third kappa shape index (κ3) is 3.70. The molecule has 8 heteroatoms. The average molecular weight is 408 g/mol. The second kappa shape index (κ2) is 6.82. The Morgan fingerprint density at radius 1 is 1.33 bits per heavy atom. The molecule has 1 N–H and O–H groups in total. The normalized spacial score (nSPS) is 11.2. The van der Waals surface area contributed by atoms with Crippen molar-refractivity contribution in [2.24, 2.45) is 5.92 Å².